The Hall–Kier alpha value is -3.19. The molecule has 7 heteroatoms. The first kappa shape index (κ1) is 22.1. The molecule has 0 aromatic heterocycles. The summed E-state index contributed by atoms with van der Waals surface area (Å²) >= 11 is 0. The minimum Gasteiger partial charge on any atom is -0.480 e. The standard InChI is InChI=1S/C22H27N3O4/c1-15(20(26)25-18-11-7-4-8-12-18)24-21(27)19(23-16(2)22(28)29)14-13-17-9-5-3-6-10-17/h3-12,15-16,19,23H,13-14H2,1-2H3,(H,24,27)(H,25,26)(H,28,29)/t15-,16+,19-/m0/s1. The van der Waals surface area contributed by atoms with Gasteiger partial charge in [-0.1, -0.05) is 48.5 Å². The molecule has 0 saturated carbocycles. The van der Waals surface area contributed by atoms with Crippen LogP contribution in [0.5, 0.6) is 0 Å². The first-order chi connectivity index (χ1) is 13.9. The Labute approximate surface area is 170 Å². The molecule has 0 aliphatic carbocycles. The highest BCUT2D eigenvalue weighted by molar-refractivity contribution is 5.97. The topological polar surface area (TPSA) is 108 Å². The summed E-state index contributed by atoms with van der Waals surface area (Å²) in [5, 5.41) is 17.4. The van der Waals surface area contributed by atoms with Crippen LogP contribution in [0.15, 0.2) is 60.7 Å². The first-order valence-electron chi connectivity index (χ1n) is 9.56. The van der Waals surface area contributed by atoms with E-state index in [2.05, 4.69) is 16.0 Å². The molecular weight excluding hydrogens is 370 g/mol. The second kappa shape index (κ2) is 11.0. The van der Waals surface area contributed by atoms with Crippen LogP contribution >= 0.6 is 0 Å². The normalized spacial score (nSPS) is 13.7. The van der Waals surface area contributed by atoms with Gasteiger partial charge in [0.2, 0.25) is 11.8 Å². The predicted octanol–water partition coefficient (Wildman–Crippen LogP) is 2.19. The number of carboxylic acids is 1. The fourth-order valence-corrected chi connectivity index (χ4v) is 2.77. The van der Waals surface area contributed by atoms with Gasteiger partial charge in [-0.3, -0.25) is 19.7 Å². The molecule has 0 aliphatic rings. The molecule has 3 atom stereocenters. The Kier molecular flexibility index (Phi) is 8.36. The molecular formula is C22H27N3O4. The molecule has 0 aliphatic heterocycles. The molecule has 0 unspecified atom stereocenters. The van der Waals surface area contributed by atoms with Gasteiger partial charge in [-0.2, -0.15) is 0 Å². The molecule has 0 spiro atoms. The highest BCUT2D eigenvalue weighted by Gasteiger charge is 2.26. The molecule has 4 N–H and O–H groups in total. The molecule has 2 rings (SSSR count). The van der Waals surface area contributed by atoms with Crippen LogP contribution in [0.4, 0.5) is 5.69 Å². The minimum atomic E-state index is -1.04. The molecule has 0 saturated heterocycles. The number of rotatable bonds is 10. The largest absolute Gasteiger partial charge is 0.480 e. The molecule has 0 radical (unpaired) electrons. The van der Waals surface area contributed by atoms with Gasteiger partial charge in [0.25, 0.3) is 0 Å². The van der Waals surface area contributed by atoms with Crippen molar-refractivity contribution in [1.29, 1.82) is 0 Å². The second-order valence-electron chi connectivity index (χ2n) is 6.89. The molecule has 7 nitrogen and oxygen atoms in total. The maximum absolute atomic E-state index is 12.7. The smallest absolute Gasteiger partial charge is 0.320 e. The first-order valence-corrected chi connectivity index (χ1v) is 9.56. The fourth-order valence-electron chi connectivity index (χ4n) is 2.77. The summed E-state index contributed by atoms with van der Waals surface area (Å²) in [7, 11) is 0. The van der Waals surface area contributed by atoms with Crippen LogP contribution in [0.2, 0.25) is 0 Å². The summed E-state index contributed by atoms with van der Waals surface area (Å²) in [6.45, 7) is 3.07. The van der Waals surface area contributed by atoms with Crippen molar-refractivity contribution in [3.8, 4) is 0 Å². The van der Waals surface area contributed by atoms with E-state index in [1.165, 1.54) is 6.92 Å². The third-order valence-electron chi connectivity index (χ3n) is 4.50. The van der Waals surface area contributed by atoms with Crippen LogP contribution in [0, 0.1) is 0 Å². The van der Waals surface area contributed by atoms with Gasteiger partial charge in [0.15, 0.2) is 0 Å². The molecule has 2 amide bonds. The highest BCUT2D eigenvalue weighted by atomic mass is 16.4. The number of benzene rings is 2. The Morgan fingerprint density at radius 2 is 1.45 bits per heavy atom. The van der Waals surface area contributed by atoms with E-state index in [1.807, 2.05) is 36.4 Å². The van der Waals surface area contributed by atoms with E-state index in [4.69, 9.17) is 0 Å². The molecule has 2 aromatic carbocycles. The number of amides is 2. The van der Waals surface area contributed by atoms with Gasteiger partial charge in [-0.05, 0) is 44.4 Å². The molecule has 2 aromatic rings. The molecule has 0 bridgehead atoms. The second-order valence-corrected chi connectivity index (χ2v) is 6.89. The van der Waals surface area contributed by atoms with E-state index in [1.54, 1.807) is 31.2 Å². The minimum absolute atomic E-state index is 0.349. The Bertz CT molecular complexity index is 811. The maximum atomic E-state index is 12.7. The number of hydrogen-bond acceptors (Lipinski definition) is 4. The predicted molar refractivity (Wildman–Crippen MR) is 111 cm³/mol. The number of carbonyl (C=O) groups is 3. The molecule has 0 heterocycles. The van der Waals surface area contributed by atoms with Gasteiger partial charge in [0, 0.05) is 5.69 Å². The highest BCUT2D eigenvalue weighted by Crippen LogP contribution is 2.08. The van der Waals surface area contributed by atoms with Crippen LogP contribution in [-0.2, 0) is 20.8 Å². The average molecular weight is 397 g/mol. The number of para-hydroxylation sites is 1. The summed E-state index contributed by atoms with van der Waals surface area (Å²) in [6, 6.07) is 16.2. The summed E-state index contributed by atoms with van der Waals surface area (Å²) in [6.07, 6.45) is 1.00. The Morgan fingerprint density at radius 3 is 2.03 bits per heavy atom. The van der Waals surface area contributed by atoms with Gasteiger partial charge in [-0.15, -0.1) is 0 Å². The zero-order valence-corrected chi connectivity index (χ0v) is 16.6. The van der Waals surface area contributed by atoms with Crippen molar-refractivity contribution < 1.29 is 19.5 Å². The lowest BCUT2D eigenvalue weighted by atomic mass is 10.0. The van der Waals surface area contributed by atoms with Crippen LogP contribution < -0.4 is 16.0 Å². The summed E-state index contributed by atoms with van der Waals surface area (Å²) < 4.78 is 0. The number of anilines is 1. The van der Waals surface area contributed by atoms with Crippen molar-refractivity contribution in [1.82, 2.24) is 10.6 Å². The van der Waals surface area contributed by atoms with Crippen LogP contribution in [0.25, 0.3) is 0 Å². The van der Waals surface area contributed by atoms with Gasteiger partial charge < -0.3 is 15.7 Å². The zero-order valence-electron chi connectivity index (χ0n) is 16.6. The van der Waals surface area contributed by atoms with Crippen molar-refractivity contribution in [3.63, 3.8) is 0 Å². The van der Waals surface area contributed by atoms with E-state index in [0.717, 1.165) is 5.56 Å². The summed E-state index contributed by atoms with van der Waals surface area (Å²) in [5.41, 5.74) is 1.68. The van der Waals surface area contributed by atoms with E-state index >= 15 is 0 Å². The molecule has 0 fully saturated rings. The van der Waals surface area contributed by atoms with Crippen molar-refractivity contribution in [2.45, 2.75) is 44.8 Å². The number of nitrogens with one attached hydrogen (secondary N) is 3. The van der Waals surface area contributed by atoms with Gasteiger partial charge >= 0.3 is 5.97 Å². The molecule has 29 heavy (non-hydrogen) atoms. The van der Waals surface area contributed by atoms with Crippen molar-refractivity contribution in [3.05, 3.63) is 66.2 Å². The van der Waals surface area contributed by atoms with Gasteiger partial charge in [-0.25, -0.2) is 0 Å². The van der Waals surface area contributed by atoms with E-state index in [9.17, 15) is 19.5 Å². The monoisotopic (exact) mass is 397 g/mol. The molecule has 154 valence electrons. The van der Waals surface area contributed by atoms with Crippen molar-refractivity contribution in [2.75, 3.05) is 5.32 Å². The number of aliphatic carboxylic acids is 1. The number of carbonyl (C=O) groups excluding carboxylic acids is 2. The van der Waals surface area contributed by atoms with Crippen LogP contribution in [0.3, 0.4) is 0 Å². The maximum Gasteiger partial charge on any atom is 0.320 e. The van der Waals surface area contributed by atoms with E-state index < -0.39 is 30.0 Å². The Balaban J connectivity index is 1.98. The number of carboxylic acid groups (broad SMARTS) is 1. The van der Waals surface area contributed by atoms with Crippen LogP contribution in [0.1, 0.15) is 25.8 Å². The SMILES string of the molecule is C[C@H](NC(=O)[C@H](CCc1ccccc1)N[C@H](C)C(=O)O)C(=O)Nc1ccccc1. The Morgan fingerprint density at radius 1 is 0.862 bits per heavy atom. The third-order valence-corrected chi connectivity index (χ3v) is 4.50. The lowest BCUT2D eigenvalue weighted by Gasteiger charge is -2.23. The quantitative estimate of drug-likeness (QED) is 0.492. The van der Waals surface area contributed by atoms with Crippen molar-refractivity contribution in [2.24, 2.45) is 0 Å². The summed E-state index contributed by atoms with van der Waals surface area (Å²) in [5.74, 6) is -1.81. The van der Waals surface area contributed by atoms with Gasteiger partial charge in [0.05, 0.1) is 6.04 Å². The van der Waals surface area contributed by atoms with Gasteiger partial charge in [0.1, 0.15) is 12.1 Å². The summed E-state index contributed by atoms with van der Waals surface area (Å²) in [4.78, 5) is 36.3. The third kappa shape index (κ3) is 7.38. The number of hydrogen-bond donors (Lipinski definition) is 4. The van der Waals surface area contributed by atoms with E-state index in [0.29, 0.717) is 18.5 Å². The lowest BCUT2D eigenvalue weighted by molar-refractivity contribution is -0.139. The lowest BCUT2D eigenvalue weighted by Crippen LogP contribution is -2.53. The van der Waals surface area contributed by atoms with Crippen LogP contribution in [-0.4, -0.2) is 41.0 Å². The fraction of sp³-hybridized carbons (Fsp3) is 0.318. The average Bonchev–Trinajstić information content (AvgIpc) is 2.72. The van der Waals surface area contributed by atoms with Crippen molar-refractivity contribution >= 4 is 23.5 Å². The number of aryl methyl sites for hydroxylation is 1. The van der Waals surface area contributed by atoms with E-state index in [-0.39, 0.29) is 5.91 Å². The zero-order chi connectivity index (χ0) is 21.2.